The average Bonchev–Trinajstić information content (AvgIpc) is 4.13. The molecule has 8 rings (SSSR count). The third-order valence-corrected chi connectivity index (χ3v) is 11.4. The number of nitrogens with zero attached hydrogens (tertiary/aromatic N) is 6. The minimum absolute atomic E-state index is 0.116. The molecule has 17 heteroatoms. The molecule has 4 aromatic heterocycles. The maximum Gasteiger partial charge on any atom is 0.335 e. The maximum absolute atomic E-state index is 13.2. The van der Waals surface area contributed by atoms with Gasteiger partial charge in [0.05, 0.1) is 17.0 Å². The second-order valence-electron chi connectivity index (χ2n) is 15.5. The third-order valence-electron chi connectivity index (χ3n) is 9.58. The number of aromatic carboxylic acids is 1. The molecule has 0 saturated heterocycles. The molecule has 0 radical (unpaired) electrons. The number of nitrogens with two attached hydrogens (primary N) is 1. The summed E-state index contributed by atoms with van der Waals surface area (Å²) in [5, 5.41) is 25.1. The monoisotopic (exact) mass is 890 g/mol. The van der Waals surface area contributed by atoms with Gasteiger partial charge in [0, 0.05) is 76.3 Å². The molecule has 0 bridgehead atoms. The highest BCUT2D eigenvalue weighted by Gasteiger charge is 2.26. The molecule has 0 aliphatic heterocycles. The van der Waals surface area contributed by atoms with E-state index in [-0.39, 0.29) is 33.9 Å². The highest BCUT2D eigenvalue weighted by Crippen LogP contribution is 2.31. The molecule has 4 aromatic carbocycles. The van der Waals surface area contributed by atoms with Crippen molar-refractivity contribution in [3.8, 4) is 43.9 Å². The molecule has 0 saturated carbocycles. The van der Waals surface area contributed by atoms with Crippen molar-refractivity contribution in [3.63, 3.8) is 0 Å². The van der Waals surface area contributed by atoms with E-state index in [1.54, 1.807) is 79.8 Å². The summed E-state index contributed by atoms with van der Waals surface area (Å²) in [7, 11) is 0. The molecule has 0 spiro atoms. The van der Waals surface area contributed by atoms with Gasteiger partial charge in [0.15, 0.2) is 0 Å². The van der Waals surface area contributed by atoms with Crippen molar-refractivity contribution in [1.82, 2.24) is 35.6 Å². The van der Waals surface area contributed by atoms with Gasteiger partial charge in [-0.3, -0.25) is 4.79 Å². The van der Waals surface area contributed by atoms with Gasteiger partial charge in [-0.25, -0.2) is 23.5 Å². The van der Waals surface area contributed by atoms with E-state index >= 15 is 0 Å². The van der Waals surface area contributed by atoms with Crippen LogP contribution < -0.4 is 11.1 Å². The Labute approximate surface area is 370 Å². The van der Waals surface area contributed by atoms with Crippen LogP contribution >= 0.6 is 22.7 Å². The molecule has 63 heavy (non-hydrogen) atoms. The van der Waals surface area contributed by atoms with Gasteiger partial charge >= 0.3 is 5.97 Å². The van der Waals surface area contributed by atoms with Crippen molar-refractivity contribution in [2.45, 2.75) is 52.4 Å². The normalized spacial score (nSPS) is 11.3. The number of thiazole rings is 2. The summed E-state index contributed by atoms with van der Waals surface area (Å²) in [6.07, 6.45) is 0. The van der Waals surface area contributed by atoms with Crippen LogP contribution in [0.3, 0.4) is 0 Å². The number of carboxylic acids is 1. The molecule has 13 nitrogen and oxygen atoms in total. The number of halogens is 2. The number of hydrogen-bond acceptors (Lipinski definition) is 13. The van der Waals surface area contributed by atoms with Crippen LogP contribution in [-0.2, 0) is 10.8 Å². The van der Waals surface area contributed by atoms with Crippen molar-refractivity contribution in [2.75, 3.05) is 13.1 Å². The van der Waals surface area contributed by atoms with Crippen molar-refractivity contribution in [1.29, 1.82) is 0 Å². The van der Waals surface area contributed by atoms with E-state index in [2.05, 4.69) is 44.4 Å². The Morgan fingerprint density at radius 3 is 1.52 bits per heavy atom. The second-order valence-corrected chi connectivity index (χ2v) is 17.2. The molecule has 4 N–H and O–H groups in total. The smallest absolute Gasteiger partial charge is 0.335 e. The summed E-state index contributed by atoms with van der Waals surface area (Å²) >= 11 is 3.06. The van der Waals surface area contributed by atoms with Crippen LogP contribution in [0.15, 0.2) is 117 Å². The van der Waals surface area contributed by atoms with E-state index in [1.165, 1.54) is 47.7 Å². The van der Waals surface area contributed by atoms with Crippen molar-refractivity contribution >= 4 is 34.6 Å². The van der Waals surface area contributed by atoms with Crippen molar-refractivity contribution < 1.29 is 32.5 Å². The third kappa shape index (κ3) is 12.0. The van der Waals surface area contributed by atoms with Gasteiger partial charge in [-0.1, -0.05) is 62.3 Å². The first kappa shape index (κ1) is 45.7. The standard InChI is InChI=1S/C23H21FN4O2S.C13H15FN2S.C10H8N2O3/c1-14-26-20(28-30-14)16-5-4-6-17(11-16)21(29)25-13-23(2,3)19-12-31-22(27-19)15-7-9-18(24)10-8-15;1-13(2,8-15)11-7-17-12(16-11)9-3-5-10(14)6-4-9;1-6-11-9(12-15-6)7-3-2-4-8(5-7)10(13)14/h4-12H,13H2,1-3H3,(H,25,29);3-7H,8,15H2,1-2H3;2-5H,1H3,(H,13,14). The fraction of sp³-hybridized carbons (Fsp3) is 0.217. The van der Waals surface area contributed by atoms with Crippen LogP contribution in [0, 0.1) is 25.5 Å². The number of nitrogens with one attached hydrogen (secondary N) is 1. The number of aromatic nitrogens is 6. The second kappa shape index (κ2) is 19.9. The van der Waals surface area contributed by atoms with Crippen LogP contribution in [0.4, 0.5) is 8.78 Å². The highest BCUT2D eigenvalue weighted by atomic mass is 32.1. The van der Waals surface area contributed by atoms with Gasteiger partial charge in [0.1, 0.15) is 21.6 Å². The fourth-order valence-electron chi connectivity index (χ4n) is 5.64. The van der Waals surface area contributed by atoms with Gasteiger partial charge in [-0.2, -0.15) is 9.97 Å². The SMILES string of the molecule is CC(C)(CN)c1csc(-c2ccc(F)cc2)n1.Cc1nc(-c2cccc(C(=O)NCC(C)(C)c3csc(-c4ccc(F)cc4)n3)c2)no1.Cc1nc(-c2cccc(C(=O)O)c2)no1. The van der Waals surface area contributed by atoms with Crippen LogP contribution in [0.5, 0.6) is 0 Å². The summed E-state index contributed by atoms with van der Waals surface area (Å²) in [5.74, 6) is 0.0931. The Hall–Kier alpha value is -6.82. The van der Waals surface area contributed by atoms with Gasteiger partial charge in [-0.15, -0.1) is 22.7 Å². The number of carboxylic acid groups (broad SMARTS) is 1. The quantitative estimate of drug-likeness (QED) is 0.111. The largest absolute Gasteiger partial charge is 0.478 e. The Morgan fingerprint density at radius 2 is 1.10 bits per heavy atom. The number of hydrogen-bond donors (Lipinski definition) is 3. The van der Waals surface area contributed by atoms with Gasteiger partial charge in [0.25, 0.3) is 5.91 Å². The summed E-state index contributed by atoms with van der Waals surface area (Å²) in [4.78, 5) is 41.0. The zero-order chi connectivity index (χ0) is 45.3. The first-order valence-electron chi connectivity index (χ1n) is 19.5. The molecule has 4 heterocycles. The van der Waals surface area contributed by atoms with Gasteiger partial charge in [-0.05, 0) is 72.8 Å². The Kier molecular flexibility index (Phi) is 14.4. The number of rotatable bonds is 11. The van der Waals surface area contributed by atoms with E-state index in [9.17, 15) is 18.4 Å². The Morgan fingerprint density at radius 1 is 0.651 bits per heavy atom. The molecule has 324 valence electrons. The van der Waals surface area contributed by atoms with E-state index < -0.39 is 5.97 Å². The zero-order valence-electron chi connectivity index (χ0n) is 35.2. The van der Waals surface area contributed by atoms with Crippen molar-refractivity contribution in [3.05, 3.63) is 154 Å². The lowest BCUT2D eigenvalue weighted by atomic mass is 9.90. The van der Waals surface area contributed by atoms with Crippen molar-refractivity contribution in [2.24, 2.45) is 5.73 Å². The molecular weight excluding hydrogens is 847 g/mol. The average molecular weight is 891 g/mol. The zero-order valence-corrected chi connectivity index (χ0v) is 36.9. The molecular formula is C46H44F2N8O5S2. The number of carbonyl (C=O) groups is 2. The molecule has 0 atom stereocenters. The number of aryl methyl sites for hydroxylation is 2. The summed E-state index contributed by atoms with van der Waals surface area (Å²) in [6, 6.07) is 26.2. The number of amides is 1. The maximum atomic E-state index is 13.2. The lowest BCUT2D eigenvalue weighted by molar-refractivity contribution is 0.0696. The summed E-state index contributed by atoms with van der Waals surface area (Å²) < 4.78 is 35.8. The molecule has 1 amide bonds. The topological polar surface area (TPSA) is 196 Å². The molecule has 0 aliphatic rings. The van der Waals surface area contributed by atoms with Crippen LogP contribution in [0.25, 0.3) is 43.9 Å². The van der Waals surface area contributed by atoms with E-state index in [0.717, 1.165) is 32.5 Å². The summed E-state index contributed by atoms with van der Waals surface area (Å²) in [6.45, 7) is 12.5. The number of carbonyl (C=O) groups excluding carboxylic acids is 1. The lowest BCUT2D eigenvalue weighted by Gasteiger charge is -2.23. The molecule has 0 fully saturated rings. The van der Waals surface area contributed by atoms with E-state index in [0.29, 0.717) is 53.2 Å². The fourth-order valence-corrected chi connectivity index (χ4v) is 7.68. The predicted molar refractivity (Wildman–Crippen MR) is 238 cm³/mol. The minimum Gasteiger partial charge on any atom is -0.478 e. The first-order chi connectivity index (χ1) is 30.0. The first-order valence-corrected chi connectivity index (χ1v) is 21.2. The Bertz CT molecular complexity index is 2800. The summed E-state index contributed by atoms with van der Waals surface area (Å²) in [5.41, 5.74) is 11.0. The van der Waals surface area contributed by atoms with Crippen LogP contribution in [0.1, 0.15) is 71.6 Å². The van der Waals surface area contributed by atoms with E-state index in [4.69, 9.17) is 24.9 Å². The van der Waals surface area contributed by atoms with Gasteiger partial charge in [0.2, 0.25) is 23.4 Å². The predicted octanol–water partition coefficient (Wildman–Crippen LogP) is 9.94. The molecule has 0 aliphatic carbocycles. The van der Waals surface area contributed by atoms with E-state index in [1.807, 2.05) is 30.7 Å². The molecule has 8 aromatic rings. The van der Waals surface area contributed by atoms with Crippen LogP contribution in [-0.4, -0.2) is 60.3 Å². The minimum atomic E-state index is -0.975. The van der Waals surface area contributed by atoms with Gasteiger partial charge < -0.3 is 25.2 Å². The van der Waals surface area contributed by atoms with Crippen LogP contribution in [0.2, 0.25) is 0 Å². The highest BCUT2D eigenvalue weighted by molar-refractivity contribution is 7.13. The molecule has 0 unspecified atom stereocenters. The number of benzene rings is 4. The Balaban J connectivity index is 0.000000174. The lowest BCUT2D eigenvalue weighted by Crippen LogP contribution is -2.36.